The predicted molar refractivity (Wildman–Crippen MR) is 168 cm³/mol. The van der Waals surface area contributed by atoms with Crippen molar-refractivity contribution < 1.29 is 14.6 Å². The average molecular weight is 578 g/mol. The summed E-state index contributed by atoms with van der Waals surface area (Å²) in [5, 5.41) is 12.5. The van der Waals surface area contributed by atoms with E-state index in [1.165, 1.54) is 10.5 Å². The summed E-state index contributed by atoms with van der Waals surface area (Å²) in [7, 11) is 0. The van der Waals surface area contributed by atoms with Gasteiger partial charge in [-0.05, 0) is 80.6 Å². The summed E-state index contributed by atoms with van der Waals surface area (Å²) < 4.78 is 12.7. The zero-order chi connectivity index (χ0) is 27.4. The monoisotopic (exact) mass is 577 g/mol. The molecule has 210 valence electrons. The lowest BCUT2D eigenvalue weighted by atomic mass is 9.86. The highest BCUT2D eigenvalue weighted by atomic mass is 35.5. The van der Waals surface area contributed by atoms with Crippen LogP contribution in [0, 0.1) is 6.92 Å². The van der Waals surface area contributed by atoms with Crippen LogP contribution < -0.4 is 20.9 Å². The smallest absolute Gasteiger partial charge is 0.191 e. The summed E-state index contributed by atoms with van der Waals surface area (Å²) in [5.41, 5.74) is 14.6. The highest BCUT2D eigenvalue weighted by Crippen LogP contribution is 2.45. The van der Waals surface area contributed by atoms with E-state index < -0.39 is 0 Å². The van der Waals surface area contributed by atoms with Crippen molar-refractivity contribution in [1.82, 2.24) is 0 Å². The SMILES string of the molecule is Cc1c2c(c3ccccc3c1O)OC(C)(CCOc1ccc(CCSc3ccc(N=C(N)N)cc3)cc1)CC2.Cl. The Morgan fingerprint density at radius 3 is 2.42 bits per heavy atom. The second kappa shape index (κ2) is 12.7. The second-order valence-electron chi connectivity index (χ2n) is 10.3. The van der Waals surface area contributed by atoms with E-state index in [0.717, 1.165) is 70.5 Å². The van der Waals surface area contributed by atoms with Crippen molar-refractivity contribution in [3.63, 3.8) is 0 Å². The van der Waals surface area contributed by atoms with E-state index in [9.17, 15) is 5.11 Å². The van der Waals surface area contributed by atoms with Crippen LogP contribution in [-0.4, -0.2) is 29.0 Å². The zero-order valence-electron chi connectivity index (χ0n) is 22.9. The molecule has 0 fully saturated rings. The van der Waals surface area contributed by atoms with Gasteiger partial charge >= 0.3 is 0 Å². The number of aromatic hydroxyl groups is 1. The summed E-state index contributed by atoms with van der Waals surface area (Å²) in [6.45, 7) is 4.71. The predicted octanol–water partition coefficient (Wildman–Crippen LogP) is 7.07. The van der Waals surface area contributed by atoms with Crippen molar-refractivity contribution in [2.24, 2.45) is 16.5 Å². The minimum atomic E-state index is -0.322. The van der Waals surface area contributed by atoms with Crippen molar-refractivity contribution in [3.05, 3.63) is 89.5 Å². The number of aliphatic imine (C=N–C) groups is 1. The first kappa shape index (κ1) is 29.4. The number of aryl methyl sites for hydroxylation is 1. The summed E-state index contributed by atoms with van der Waals surface area (Å²) >= 11 is 1.80. The van der Waals surface area contributed by atoms with Gasteiger partial charge in [-0.1, -0.05) is 36.4 Å². The lowest BCUT2D eigenvalue weighted by Gasteiger charge is -2.37. The van der Waals surface area contributed by atoms with Gasteiger partial charge in [-0.2, -0.15) is 0 Å². The Morgan fingerprint density at radius 1 is 1.02 bits per heavy atom. The molecule has 1 heterocycles. The number of phenolic OH excluding ortho intramolecular Hbond substituents is 1. The topological polar surface area (TPSA) is 103 Å². The molecule has 4 aromatic carbocycles. The molecule has 0 saturated heterocycles. The molecular weight excluding hydrogens is 542 g/mol. The number of thioether (sulfide) groups is 1. The van der Waals surface area contributed by atoms with Crippen LogP contribution in [-0.2, 0) is 12.8 Å². The summed E-state index contributed by atoms with van der Waals surface area (Å²) in [5.74, 6) is 3.18. The van der Waals surface area contributed by atoms with Crippen LogP contribution in [0.2, 0.25) is 0 Å². The number of phenols is 1. The fourth-order valence-electron chi connectivity index (χ4n) is 5.04. The third kappa shape index (κ3) is 6.77. The van der Waals surface area contributed by atoms with Gasteiger partial charge in [-0.3, -0.25) is 0 Å². The van der Waals surface area contributed by atoms with Crippen molar-refractivity contribution in [1.29, 1.82) is 0 Å². The maximum Gasteiger partial charge on any atom is 0.191 e. The molecule has 1 aliphatic rings. The van der Waals surface area contributed by atoms with Gasteiger partial charge in [-0.25, -0.2) is 4.99 Å². The third-order valence-electron chi connectivity index (χ3n) is 7.34. The maximum atomic E-state index is 10.7. The number of benzene rings is 4. The van der Waals surface area contributed by atoms with Gasteiger partial charge in [0.15, 0.2) is 5.96 Å². The van der Waals surface area contributed by atoms with E-state index in [1.54, 1.807) is 11.8 Å². The van der Waals surface area contributed by atoms with E-state index in [1.807, 2.05) is 67.6 Å². The molecule has 0 aliphatic carbocycles. The summed E-state index contributed by atoms with van der Waals surface area (Å²) in [4.78, 5) is 5.24. The molecule has 0 saturated carbocycles. The molecule has 1 unspecified atom stereocenters. The van der Waals surface area contributed by atoms with Crippen molar-refractivity contribution in [3.8, 4) is 17.2 Å². The van der Waals surface area contributed by atoms with E-state index >= 15 is 0 Å². The molecule has 1 aliphatic heterocycles. The number of halogens is 1. The molecule has 40 heavy (non-hydrogen) atoms. The molecule has 0 spiro atoms. The van der Waals surface area contributed by atoms with Crippen LogP contribution in [0.1, 0.15) is 36.5 Å². The van der Waals surface area contributed by atoms with Crippen molar-refractivity contribution in [2.75, 3.05) is 12.4 Å². The number of rotatable bonds is 9. The van der Waals surface area contributed by atoms with Gasteiger partial charge in [0.1, 0.15) is 22.8 Å². The van der Waals surface area contributed by atoms with Gasteiger partial charge in [0.25, 0.3) is 0 Å². The van der Waals surface area contributed by atoms with Crippen molar-refractivity contribution in [2.45, 2.75) is 50.0 Å². The Morgan fingerprint density at radius 2 is 1.73 bits per heavy atom. The third-order valence-corrected chi connectivity index (χ3v) is 8.35. The Balaban J connectivity index is 0.00000370. The lowest BCUT2D eigenvalue weighted by molar-refractivity contribution is 0.0437. The number of guanidine groups is 1. The van der Waals surface area contributed by atoms with Crippen LogP contribution >= 0.6 is 24.2 Å². The Kier molecular flexibility index (Phi) is 9.38. The van der Waals surface area contributed by atoms with Gasteiger partial charge in [-0.15, -0.1) is 24.2 Å². The molecule has 0 radical (unpaired) electrons. The molecule has 8 heteroatoms. The standard InChI is InChI=1S/C32H35N3O3S.ClH/c1-21-26-15-17-32(2,38-30(26)28-6-4-3-5-27(28)29(21)36)18-19-37-24-11-7-22(8-12-24)16-20-39-25-13-9-23(10-14-25)35-31(33)34;/h3-14,36H,15-20H2,1-2H3,(H4,33,34,35);1H. The number of ether oxygens (including phenoxy) is 2. The van der Waals surface area contributed by atoms with E-state index in [0.29, 0.717) is 12.4 Å². The lowest BCUT2D eigenvalue weighted by Crippen LogP contribution is -2.38. The van der Waals surface area contributed by atoms with E-state index in [-0.39, 0.29) is 24.0 Å². The number of fused-ring (bicyclic) bond motifs is 3. The first-order valence-electron chi connectivity index (χ1n) is 13.3. The van der Waals surface area contributed by atoms with Gasteiger partial charge < -0.3 is 26.0 Å². The van der Waals surface area contributed by atoms with Gasteiger partial charge in [0.2, 0.25) is 0 Å². The summed E-state index contributed by atoms with van der Waals surface area (Å²) in [6.07, 6.45) is 3.51. The van der Waals surface area contributed by atoms with E-state index in [4.69, 9.17) is 20.9 Å². The molecule has 4 aromatic rings. The van der Waals surface area contributed by atoms with Gasteiger partial charge in [0.05, 0.1) is 12.3 Å². The highest BCUT2D eigenvalue weighted by molar-refractivity contribution is 7.99. The highest BCUT2D eigenvalue weighted by Gasteiger charge is 2.34. The first-order chi connectivity index (χ1) is 18.8. The first-order valence-corrected chi connectivity index (χ1v) is 14.3. The van der Waals surface area contributed by atoms with Crippen LogP contribution in [0.5, 0.6) is 17.2 Å². The minimum absolute atomic E-state index is 0. The van der Waals surface area contributed by atoms with Crippen LogP contribution in [0.15, 0.2) is 82.7 Å². The molecule has 0 bridgehead atoms. The molecule has 5 N–H and O–H groups in total. The molecule has 5 rings (SSSR count). The van der Waals surface area contributed by atoms with Crippen molar-refractivity contribution >= 4 is 46.6 Å². The van der Waals surface area contributed by atoms with Crippen LogP contribution in [0.3, 0.4) is 0 Å². The van der Waals surface area contributed by atoms with E-state index in [2.05, 4.69) is 24.0 Å². The fourth-order valence-corrected chi connectivity index (χ4v) is 5.94. The number of nitrogens with two attached hydrogens (primary N) is 2. The molecule has 0 amide bonds. The minimum Gasteiger partial charge on any atom is -0.507 e. The van der Waals surface area contributed by atoms with Gasteiger partial charge in [0, 0.05) is 33.4 Å². The largest absolute Gasteiger partial charge is 0.507 e. The van der Waals surface area contributed by atoms with Crippen LogP contribution in [0.25, 0.3) is 10.8 Å². The molecular formula is C32H36ClN3O3S. The normalized spacial score (nSPS) is 15.9. The Bertz CT molecular complexity index is 1490. The fraction of sp³-hybridized carbons (Fsp3) is 0.281. The molecule has 1 atom stereocenters. The maximum absolute atomic E-state index is 10.7. The van der Waals surface area contributed by atoms with Crippen LogP contribution in [0.4, 0.5) is 5.69 Å². The zero-order valence-corrected chi connectivity index (χ0v) is 24.5. The Hall–Kier alpha value is -3.55. The Labute approximate surface area is 246 Å². The number of nitrogens with zero attached hydrogens (tertiary/aromatic N) is 1. The summed E-state index contributed by atoms with van der Waals surface area (Å²) in [6, 6.07) is 24.2. The average Bonchev–Trinajstić information content (AvgIpc) is 2.93. The second-order valence-corrected chi connectivity index (χ2v) is 11.4. The number of hydrogen-bond acceptors (Lipinski definition) is 5. The molecule has 6 nitrogen and oxygen atoms in total. The number of hydrogen-bond donors (Lipinski definition) is 3. The quantitative estimate of drug-likeness (QED) is 0.112. The molecule has 0 aromatic heterocycles.